The summed E-state index contributed by atoms with van der Waals surface area (Å²) in [6, 6.07) is 0. The second kappa shape index (κ2) is 15.5. The fourth-order valence-corrected chi connectivity index (χ4v) is 5.33. The molecule has 0 aromatic rings. The van der Waals surface area contributed by atoms with Gasteiger partial charge in [0, 0.05) is 0 Å². The Kier molecular flexibility index (Phi) is 17.0. The van der Waals surface area contributed by atoms with E-state index in [4.69, 9.17) is 0 Å². The molecule has 19 heavy (non-hydrogen) atoms. The monoisotopic (exact) mass is 376 g/mol. The van der Waals surface area contributed by atoms with E-state index in [1.165, 1.54) is 32.6 Å². The molecular formula is C14H24O4Sn. The van der Waals surface area contributed by atoms with Crippen molar-refractivity contribution in [3.05, 3.63) is 11.6 Å². The van der Waals surface area contributed by atoms with Crippen molar-refractivity contribution >= 4 is 33.1 Å². The van der Waals surface area contributed by atoms with Crippen LogP contribution in [0.1, 0.15) is 52.9 Å². The molecule has 0 amide bonds. The Hall–Kier alpha value is -0.521. The van der Waals surface area contributed by atoms with Crippen LogP contribution in [0.4, 0.5) is 0 Å². The van der Waals surface area contributed by atoms with Crippen LogP contribution in [-0.2, 0) is 9.59 Å². The van der Waals surface area contributed by atoms with Gasteiger partial charge in [-0.3, -0.25) is 0 Å². The molecule has 0 aliphatic heterocycles. The second-order valence-electron chi connectivity index (χ2n) is 4.09. The third kappa shape index (κ3) is 17.5. The summed E-state index contributed by atoms with van der Waals surface area (Å²) < 4.78 is 3.25. The average Bonchev–Trinajstić information content (AvgIpc) is 2.36. The van der Waals surface area contributed by atoms with Crippen molar-refractivity contribution < 1.29 is 19.8 Å². The van der Waals surface area contributed by atoms with Gasteiger partial charge in [0.2, 0.25) is 0 Å². The van der Waals surface area contributed by atoms with Crippen LogP contribution in [0, 0.1) is 0 Å². The first-order valence-electron chi connectivity index (χ1n) is 6.83. The van der Waals surface area contributed by atoms with Gasteiger partial charge in [0.15, 0.2) is 0 Å². The molecule has 0 aliphatic carbocycles. The van der Waals surface area contributed by atoms with Crippen molar-refractivity contribution in [1.29, 1.82) is 0 Å². The van der Waals surface area contributed by atoms with E-state index in [0.29, 0.717) is 6.08 Å². The third-order valence-corrected chi connectivity index (χ3v) is 6.39. The van der Waals surface area contributed by atoms with Gasteiger partial charge in [-0.1, -0.05) is 6.92 Å². The van der Waals surface area contributed by atoms with E-state index >= 15 is 0 Å². The maximum absolute atomic E-state index is 10.00. The molecule has 0 radical (unpaired) electrons. The molecule has 5 heteroatoms. The van der Waals surface area contributed by atoms with Crippen molar-refractivity contribution in [3.8, 4) is 0 Å². The quantitative estimate of drug-likeness (QED) is 0.342. The Morgan fingerprint density at radius 3 is 1.68 bits per heavy atom. The number of rotatable bonds is 9. The number of unbranched alkanes of at least 4 members (excludes halogenated alkanes) is 2. The number of carboxylic acids is 2. The Labute approximate surface area is 126 Å². The first-order chi connectivity index (χ1) is 8.99. The van der Waals surface area contributed by atoms with Gasteiger partial charge in [-0.2, -0.15) is 0 Å². The Morgan fingerprint density at radius 1 is 1.00 bits per heavy atom. The van der Waals surface area contributed by atoms with Gasteiger partial charge >= 0.3 is 69.5 Å². The molecule has 0 saturated carbocycles. The Morgan fingerprint density at radius 2 is 1.47 bits per heavy atom. The summed E-state index contributed by atoms with van der Waals surface area (Å²) in [5.41, 5.74) is -0.264. The number of carbonyl (C=O) groups is 2. The van der Waals surface area contributed by atoms with Crippen molar-refractivity contribution in [2.24, 2.45) is 0 Å². The predicted molar refractivity (Wildman–Crippen MR) is 73.6 cm³/mol. The molecule has 0 aromatic carbocycles. The summed E-state index contributed by atoms with van der Waals surface area (Å²) in [7, 11) is 0. The van der Waals surface area contributed by atoms with Crippen LogP contribution >= 0.6 is 0 Å². The van der Waals surface area contributed by atoms with E-state index in [1.54, 1.807) is 8.87 Å². The normalized spacial score (nSPS) is 10.2. The first kappa shape index (κ1) is 20.8. The zero-order chi connectivity index (χ0) is 15.1. The Bertz CT molecular complexity index is 269. The minimum absolute atomic E-state index is 0.121. The number of carbonyl (C=O) groups excluding carboxylic acids is 2. The molecule has 0 heterocycles. The molecule has 0 spiro atoms. The third-order valence-electron chi connectivity index (χ3n) is 2.35. The fourth-order valence-electron chi connectivity index (χ4n) is 1.18. The van der Waals surface area contributed by atoms with Gasteiger partial charge in [-0.05, 0) is 18.1 Å². The molecule has 108 valence electrons. The summed E-state index contributed by atoms with van der Waals surface area (Å²) in [5.74, 6) is -2.98. The molecule has 0 N–H and O–H groups in total. The van der Waals surface area contributed by atoms with Crippen LogP contribution in [0.3, 0.4) is 0 Å². The van der Waals surface area contributed by atoms with Crippen molar-refractivity contribution in [2.45, 2.75) is 61.7 Å². The molecule has 0 fully saturated rings. The van der Waals surface area contributed by atoms with Crippen LogP contribution in [-0.4, -0.2) is 33.1 Å². The van der Waals surface area contributed by atoms with Crippen LogP contribution < -0.4 is 10.2 Å². The zero-order valence-corrected chi connectivity index (χ0v) is 15.0. The molecule has 0 bridgehead atoms. The van der Waals surface area contributed by atoms with E-state index in [-0.39, 0.29) is 33.1 Å². The number of aliphatic carboxylic acids is 2. The summed E-state index contributed by atoms with van der Waals surface area (Å²) in [6.07, 6.45) is 6.48. The van der Waals surface area contributed by atoms with Crippen LogP contribution in [0.2, 0.25) is 8.87 Å². The van der Waals surface area contributed by atoms with Crippen molar-refractivity contribution in [3.63, 3.8) is 0 Å². The molecule has 0 atom stereocenters. The van der Waals surface area contributed by atoms with Gasteiger partial charge < -0.3 is 19.8 Å². The molecule has 0 rings (SSSR count). The van der Waals surface area contributed by atoms with Gasteiger partial charge in [-0.15, -0.1) is 0 Å². The van der Waals surface area contributed by atoms with E-state index in [9.17, 15) is 19.8 Å². The second-order valence-corrected chi connectivity index (χ2v) is 8.37. The van der Waals surface area contributed by atoms with E-state index in [0.717, 1.165) is 0 Å². The summed E-state index contributed by atoms with van der Waals surface area (Å²) in [5, 5.41) is 19.8. The molecule has 4 nitrogen and oxygen atoms in total. The number of hydrogen-bond acceptors (Lipinski definition) is 4. The average molecular weight is 375 g/mol. The maximum atomic E-state index is 10.00. The van der Waals surface area contributed by atoms with Crippen LogP contribution in [0.5, 0.6) is 0 Å². The molecule has 0 aliphatic rings. The molecular weight excluding hydrogens is 351 g/mol. The summed E-state index contributed by atoms with van der Waals surface area (Å²) >= 11 is 0.149. The standard InChI is InChI=1S/C6H8O4.2C4H9.Sn/c1-2-4(6(9)10)3-5(7)8;2*1-3-4-2;/h3H,2H2,1H3,(H,7,8)(H,9,10);2*1,3-4H2,2H3;/q;;;+2/p-2/b4-3-;;;. The Balaban J connectivity index is 0. The number of hydrogen-bond donors (Lipinski definition) is 0. The van der Waals surface area contributed by atoms with Crippen LogP contribution in [0.15, 0.2) is 11.6 Å². The van der Waals surface area contributed by atoms with E-state index in [2.05, 4.69) is 13.8 Å². The summed E-state index contributed by atoms with van der Waals surface area (Å²) in [4.78, 5) is 19.8. The van der Waals surface area contributed by atoms with Crippen molar-refractivity contribution in [1.82, 2.24) is 0 Å². The van der Waals surface area contributed by atoms with Gasteiger partial charge in [-0.25, -0.2) is 0 Å². The molecule has 0 saturated heterocycles. The van der Waals surface area contributed by atoms with Gasteiger partial charge in [0.1, 0.15) is 0 Å². The van der Waals surface area contributed by atoms with E-state index in [1.807, 2.05) is 0 Å². The fraction of sp³-hybridized carbons (Fsp3) is 0.714. The molecule has 0 unspecified atom stereocenters. The minimum atomic E-state index is -1.51. The van der Waals surface area contributed by atoms with Crippen molar-refractivity contribution in [2.75, 3.05) is 0 Å². The van der Waals surface area contributed by atoms with Gasteiger partial charge in [0.25, 0.3) is 0 Å². The number of carboxylic acid groups (broad SMARTS) is 2. The van der Waals surface area contributed by atoms with Gasteiger partial charge in [0.05, 0.1) is 11.9 Å². The van der Waals surface area contributed by atoms with Crippen LogP contribution in [0.25, 0.3) is 0 Å². The topological polar surface area (TPSA) is 80.3 Å². The van der Waals surface area contributed by atoms with E-state index < -0.39 is 11.9 Å². The SMILES string of the molecule is CC/C(=C/C(=O)[O-])C(=O)[O-].CCC[CH2][Sn+2][CH2]CCC. The first-order valence-corrected chi connectivity index (χ1v) is 10.9. The molecule has 0 aromatic heterocycles. The zero-order valence-electron chi connectivity index (χ0n) is 12.2. The summed E-state index contributed by atoms with van der Waals surface area (Å²) in [6.45, 7) is 6.10. The predicted octanol–water partition coefficient (Wildman–Crippen LogP) is 0.950.